The quantitative estimate of drug-likeness (QED) is 0.735. The average Bonchev–Trinajstić information content (AvgIpc) is 2.69. The van der Waals surface area contributed by atoms with Crippen LogP contribution in [0.5, 0.6) is 0 Å². The number of primary amides is 1. The van der Waals surface area contributed by atoms with Gasteiger partial charge in [0.15, 0.2) is 0 Å². The molecule has 1 heterocycles. The minimum atomic E-state index is -0.517. The second-order valence-electron chi connectivity index (χ2n) is 6.88. The molecule has 0 radical (unpaired) electrons. The summed E-state index contributed by atoms with van der Waals surface area (Å²) >= 11 is 0. The molecule has 0 aliphatic carbocycles. The predicted octanol–water partition coefficient (Wildman–Crippen LogP) is 2.79. The van der Waals surface area contributed by atoms with Gasteiger partial charge >= 0.3 is 6.03 Å². The van der Waals surface area contributed by atoms with Crippen LogP contribution in [0.4, 0.5) is 10.5 Å². The van der Waals surface area contributed by atoms with Gasteiger partial charge in [-0.2, -0.15) is 0 Å². The summed E-state index contributed by atoms with van der Waals surface area (Å²) in [6.45, 7) is 3.47. The Morgan fingerprint density at radius 1 is 1.11 bits per heavy atom. The summed E-state index contributed by atoms with van der Waals surface area (Å²) in [4.78, 5) is 25.7. The number of urea groups is 1. The summed E-state index contributed by atoms with van der Waals surface area (Å²) < 4.78 is 0. The van der Waals surface area contributed by atoms with Gasteiger partial charge in [0.25, 0.3) is 0 Å². The van der Waals surface area contributed by atoms with Crippen LogP contribution in [-0.2, 0) is 0 Å². The highest BCUT2D eigenvalue weighted by Crippen LogP contribution is 2.26. The van der Waals surface area contributed by atoms with Gasteiger partial charge in [-0.3, -0.25) is 4.79 Å². The molecule has 1 saturated heterocycles. The lowest BCUT2D eigenvalue weighted by molar-refractivity contribution is 0.1000. The molecule has 1 atom stereocenters. The number of hydrogen-bond acceptors (Lipinski definition) is 3. The minimum Gasteiger partial charge on any atom is -0.366 e. The maximum absolute atomic E-state index is 12.1. The van der Waals surface area contributed by atoms with Crippen LogP contribution in [0.15, 0.2) is 54.6 Å². The number of anilines is 1. The number of piperidine rings is 1. The van der Waals surface area contributed by atoms with Gasteiger partial charge in [-0.25, -0.2) is 4.79 Å². The molecule has 1 fully saturated rings. The Hall–Kier alpha value is -2.86. The van der Waals surface area contributed by atoms with Gasteiger partial charge in [0.05, 0.1) is 0 Å². The highest BCUT2D eigenvalue weighted by atomic mass is 16.2. The van der Waals surface area contributed by atoms with E-state index in [1.54, 1.807) is 24.3 Å². The van der Waals surface area contributed by atoms with E-state index >= 15 is 0 Å². The van der Waals surface area contributed by atoms with E-state index < -0.39 is 5.91 Å². The van der Waals surface area contributed by atoms with Crippen LogP contribution in [-0.4, -0.2) is 43.0 Å². The molecule has 1 unspecified atom stereocenters. The second-order valence-corrected chi connectivity index (χ2v) is 6.88. The summed E-state index contributed by atoms with van der Waals surface area (Å²) in [5, 5.41) is 5.61. The topological polar surface area (TPSA) is 87.5 Å². The molecule has 2 aromatic carbocycles. The lowest BCUT2D eigenvalue weighted by Crippen LogP contribution is -2.41. The van der Waals surface area contributed by atoms with E-state index in [9.17, 15) is 9.59 Å². The van der Waals surface area contributed by atoms with Gasteiger partial charge in [-0.1, -0.05) is 36.4 Å². The van der Waals surface area contributed by atoms with E-state index in [4.69, 9.17) is 5.73 Å². The summed E-state index contributed by atoms with van der Waals surface area (Å²) in [5.41, 5.74) is 7.56. The molecule has 0 spiro atoms. The zero-order valence-corrected chi connectivity index (χ0v) is 15.4. The molecule has 27 heavy (non-hydrogen) atoms. The van der Waals surface area contributed by atoms with E-state index in [0.717, 1.165) is 19.6 Å². The van der Waals surface area contributed by atoms with E-state index in [1.165, 1.54) is 18.4 Å². The van der Waals surface area contributed by atoms with Crippen molar-refractivity contribution in [2.24, 2.45) is 5.73 Å². The first kappa shape index (κ1) is 18.9. The number of nitrogens with one attached hydrogen (secondary N) is 2. The van der Waals surface area contributed by atoms with Crippen LogP contribution in [0, 0.1) is 0 Å². The number of nitrogens with two attached hydrogens (primary N) is 1. The van der Waals surface area contributed by atoms with Crippen molar-refractivity contribution in [2.45, 2.75) is 18.8 Å². The van der Waals surface area contributed by atoms with E-state index in [2.05, 4.69) is 39.8 Å². The van der Waals surface area contributed by atoms with Crippen LogP contribution < -0.4 is 16.4 Å². The Morgan fingerprint density at radius 3 is 2.70 bits per heavy atom. The highest BCUT2D eigenvalue weighted by molar-refractivity contribution is 5.95. The molecular weight excluding hydrogens is 340 g/mol. The van der Waals surface area contributed by atoms with E-state index in [0.29, 0.717) is 23.7 Å². The lowest BCUT2D eigenvalue weighted by atomic mass is 9.91. The van der Waals surface area contributed by atoms with Gasteiger partial charge in [0.2, 0.25) is 5.91 Å². The third kappa shape index (κ3) is 5.56. The number of rotatable bonds is 6. The third-order valence-corrected chi connectivity index (χ3v) is 4.90. The molecule has 0 bridgehead atoms. The molecule has 0 saturated carbocycles. The smallest absolute Gasteiger partial charge is 0.319 e. The van der Waals surface area contributed by atoms with Crippen molar-refractivity contribution >= 4 is 17.6 Å². The fraction of sp³-hybridized carbons (Fsp3) is 0.333. The number of amides is 3. The fourth-order valence-electron chi connectivity index (χ4n) is 3.51. The molecular formula is C21H26N4O2. The van der Waals surface area contributed by atoms with Crippen LogP contribution in [0.3, 0.4) is 0 Å². The first-order valence-electron chi connectivity index (χ1n) is 9.34. The highest BCUT2D eigenvalue weighted by Gasteiger charge is 2.20. The standard InChI is InChI=1S/C21H26N4O2/c22-20(26)17-8-4-10-19(14-17)24-21(27)23-11-13-25-12-5-9-18(15-25)16-6-2-1-3-7-16/h1-4,6-8,10,14,18H,5,9,11-13,15H2,(H2,22,26)(H2,23,24,27). The molecule has 142 valence electrons. The molecule has 3 amide bonds. The number of hydrogen-bond donors (Lipinski definition) is 3. The lowest BCUT2D eigenvalue weighted by Gasteiger charge is -2.33. The largest absolute Gasteiger partial charge is 0.366 e. The molecule has 6 nitrogen and oxygen atoms in total. The number of carbonyl (C=O) groups is 2. The average molecular weight is 366 g/mol. The Morgan fingerprint density at radius 2 is 1.93 bits per heavy atom. The molecule has 3 rings (SSSR count). The van der Waals surface area contributed by atoms with Crippen molar-refractivity contribution in [3.63, 3.8) is 0 Å². The van der Waals surface area contributed by atoms with Gasteiger partial charge in [0, 0.05) is 30.9 Å². The molecule has 1 aliphatic heterocycles. The molecule has 6 heteroatoms. The summed E-state index contributed by atoms with van der Waals surface area (Å²) in [6.07, 6.45) is 2.39. The van der Waals surface area contributed by atoms with E-state index in [-0.39, 0.29) is 6.03 Å². The first-order valence-corrected chi connectivity index (χ1v) is 9.34. The van der Waals surface area contributed by atoms with Gasteiger partial charge in [-0.05, 0) is 49.1 Å². The molecule has 1 aliphatic rings. The van der Waals surface area contributed by atoms with Crippen molar-refractivity contribution in [3.8, 4) is 0 Å². The van der Waals surface area contributed by atoms with Crippen molar-refractivity contribution in [1.82, 2.24) is 10.2 Å². The van der Waals surface area contributed by atoms with Crippen LogP contribution in [0.1, 0.15) is 34.7 Å². The number of nitrogens with zero attached hydrogens (tertiary/aromatic N) is 1. The monoisotopic (exact) mass is 366 g/mol. The zero-order valence-electron chi connectivity index (χ0n) is 15.4. The third-order valence-electron chi connectivity index (χ3n) is 4.90. The first-order chi connectivity index (χ1) is 13.1. The second kappa shape index (κ2) is 9.19. The van der Waals surface area contributed by atoms with Gasteiger partial charge in [-0.15, -0.1) is 0 Å². The molecule has 4 N–H and O–H groups in total. The maximum atomic E-state index is 12.1. The van der Waals surface area contributed by atoms with Crippen LogP contribution in [0.25, 0.3) is 0 Å². The Kier molecular flexibility index (Phi) is 6.44. The van der Waals surface area contributed by atoms with Crippen molar-refractivity contribution in [1.29, 1.82) is 0 Å². The summed E-state index contributed by atoms with van der Waals surface area (Å²) in [7, 11) is 0. The molecule has 2 aromatic rings. The summed E-state index contributed by atoms with van der Waals surface area (Å²) in [5.74, 6) is 0.0439. The fourth-order valence-corrected chi connectivity index (χ4v) is 3.51. The maximum Gasteiger partial charge on any atom is 0.319 e. The van der Waals surface area contributed by atoms with E-state index in [1.807, 2.05) is 6.07 Å². The van der Waals surface area contributed by atoms with Crippen LogP contribution in [0.2, 0.25) is 0 Å². The minimum absolute atomic E-state index is 0.284. The Bertz CT molecular complexity index is 779. The van der Waals surface area contributed by atoms with Crippen LogP contribution >= 0.6 is 0 Å². The summed E-state index contributed by atoms with van der Waals surface area (Å²) in [6, 6.07) is 16.9. The zero-order chi connectivity index (χ0) is 19.1. The predicted molar refractivity (Wildman–Crippen MR) is 107 cm³/mol. The normalized spacial score (nSPS) is 17.3. The van der Waals surface area contributed by atoms with Crippen molar-refractivity contribution < 1.29 is 9.59 Å². The Labute approximate surface area is 159 Å². The van der Waals surface area contributed by atoms with Crippen molar-refractivity contribution in [3.05, 3.63) is 65.7 Å². The molecule has 0 aromatic heterocycles. The number of likely N-dealkylation sites (tertiary alicyclic amines) is 1. The van der Waals surface area contributed by atoms with Gasteiger partial charge < -0.3 is 21.3 Å². The van der Waals surface area contributed by atoms with Gasteiger partial charge in [0.1, 0.15) is 0 Å². The number of benzene rings is 2. The number of carbonyl (C=O) groups excluding carboxylic acids is 2. The van der Waals surface area contributed by atoms with Crippen molar-refractivity contribution in [2.75, 3.05) is 31.5 Å². The Balaban J connectivity index is 1.43. The SMILES string of the molecule is NC(=O)c1cccc(NC(=O)NCCN2CCCC(c3ccccc3)C2)c1.